The van der Waals surface area contributed by atoms with Crippen LogP contribution in [0.2, 0.25) is 0 Å². The van der Waals surface area contributed by atoms with Crippen molar-refractivity contribution in [3.63, 3.8) is 0 Å². The molecular formula is C108H200N2O12. The molecule has 0 aliphatic carbocycles. The van der Waals surface area contributed by atoms with Crippen molar-refractivity contribution in [2.45, 2.75) is 504 Å². The molecule has 0 amide bonds. The molecule has 0 rings (SSSR count). The van der Waals surface area contributed by atoms with Gasteiger partial charge in [-0.25, -0.2) is 0 Å². The summed E-state index contributed by atoms with van der Waals surface area (Å²) in [4.78, 5) is 80.3. The molecule has 6 atom stereocenters. The summed E-state index contributed by atoms with van der Waals surface area (Å²) in [5.41, 5.74) is 0. The Morgan fingerprint density at radius 1 is 0.262 bits per heavy atom. The van der Waals surface area contributed by atoms with E-state index in [-0.39, 0.29) is 48.0 Å². The topological polar surface area (TPSA) is 164 Å². The first kappa shape index (κ1) is 118. The highest BCUT2D eigenvalue weighted by Crippen LogP contribution is 2.33. The van der Waals surface area contributed by atoms with Crippen LogP contribution in [0.3, 0.4) is 0 Å². The van der Waals surface area contributed by atoms with Gasteiger partial charge in [-0.3, -0.25) is 28.8 Å². The largest absolute Gasteiger partial charge is 0.462 e. The maximum absolute atomic E-state index is 12.9. The molecule has 0 fully saturated rings. The Morgan fingerprint density at radius 2 is 0.533 bits per heavy atom. The van der Waals surface area contributed by atoms with Crippen molar-refractivity contribution >= 4 is 35.8 Å². The Balaban J connectivity index is 4.69. The molecule has 0 saturated heterocycles. The number of nitrogens with zero attached hydrogens (tertiary/aromatic N) is 2. The van der Waals surface area contributed by atoms with Crippen molar-refractivity contribution in [2.24, 2.45) is 35.5 Å². The number of ether oxygens (including phenoxy) is 6. The van der Waals surface area contributed by atoms with Crippen LogP contribution in [-0.4, -0.2) is 126 Å². The number of hydrogen-bond acceptors (Lipinski definition) is 14. The van der Waals surface area contributed by atoms with E-state index in [1.54, 1.807) is 0 Å². The van der Waals surface area contributed by atoms with Gasteiger partial charge in [-0.05, 0) is 212 Å². The van der Waals surface area contributed by atoms with Crippen molar-refractivity contribution in [2.75, 3.05) is 67.7 Å². The number of carbonyl (C=O) groups excluding carboxylic acids is 6. The number of allylic oxidation sites excluding steroid dienone is 4. The van der Waals surface area contributed by atoms with E-state index in [2.05, 4.69) is 108 Å². The number of unbranched alkanes of at least 4 members (excludes halogenated alkanes) is 33. The highest BCUT2D eigenvalue weighted by atomic mass is 16.6. The molecule has 714 valence electrons. The Morgan fingerprint density at radius 3 is 0.844 bits per heavy atom. The molecule has 122 heavy (non-hydrogen) atoms. The van der Waals surface area contributed by atoms with E-state index in [0.717, 1.165) is 224 Å². The van der Waals surface area contributed by atoms with Crippen LogP contribution in [0.4, 0.5) is 0 Å². The van der Waals surface area contributed by atoms with E-state index in [0.29, 0.717) is 94.5 Å². The molecule has 0 bridgehead atoms. The molecular weight excluding hydrogens is 1520 g/mol. The van der Waals surface area contributed by atoms with Crippen LogP contribution < -0.4 is 0 Å². The van der Waals surface area contributed by atoms with E-state index in [1.165, 1.54) is 193 Å². The lowest BCUT2D eigenvalue weighted by Crippen LogP contribution is -2.20. The van der Waals surface area contributed by atoms with Crippen LogP contribution in [0.5, 0.6) is 0 Å². The summed E-state index contributed by atoms with van der Waals surface area (Å²) in [5.74, 6) is 3.37. The molecule has 0 radical (unpaired) electrons. The van der Waals surface area contributed by atoms with E-state index >= 15 is 0 Å². The smallest absolute Gasteiger partial charge is 0.306 e. The van der Waals surface area contributed by atoms with Gasteiger partial charge in [0.05, 0.1) is 0 Å². The maximum atomic E-state index is 12.9. The van der Waals surface area contributed by atoms with Gasteiger partial charge in [0.15, 0.2) is 0 Å². The summed E-state index contributed by atoms with van der Waals surface area (Å²) in [7, 11) is 8.16. The zero-order valence-corrected chi connectivity index (χ0v) is 82.4. The molecule has 0 saturated carbocycles. The fourth-order valence-corrected chi connectivity index (χ4v) is 17.3. The molecule has 0 N–H and O–H groups in total. The number of hydrogen-bond donors (Lipinski definition) is 0. The van der Waals surface area contributed by atoms with Crippen molar-refractivity contribution < 1.29 is 57.2 Å². The SMILES string of the molecule is CCCCCC(C=CCOC(=O)CCCCCCCCCC(CCCCCCCCCC(=O)OCC=CC(CCCCC)CCCC(C)C(CC)CC(CC=CCOC(=O)CCCCCCCCCC(CCCCCCCCCC(=O)OCC=CCC(CCCC)CCCC)OC(=O)CCCN(C)C)CCCC)OC(=O)CCCN(C)C)CCCCC. The molecule has 14 nitrogen and oxygen atoms in total. The first-order valence-corrected chi connectivity index (χ1v) is 52.4. The Kier molecular flexibility index (Phi) is 86.9. The average molecular weight is 1720 g/mol. The second-order valence-electron chi connectivity index (χ2n) is 37.6. The maximum Gasteiger partial charge on any atom is 0.306 e. The lowest BCUT2D eigenvalue weighted by molar-refractivity contribution is -0.151. The van der Waals surface area contributed by atoms with Crippen molar-refractivity contribution in [3.8, 4) is 0 Å². The quantitative estimate of drug-likeness (QED) is 0.0244. The Labute approximate surface area is 754 Å². The molecule has 0 aliphatic rings. The first-order valence-electron chi connectivity index (χ1n) is 52.4. The van der Waals surface area contributed by atoms with Crippen LogP contribution in [0, 0.1) is 35.5 Å². The number of carbonyl (C=O) groups is 6. The van der Waals surface area contributed by atoms with Gasteiger partial charge < -0.3 is 38.2 Å². The van der Waals surface area contributed by atoms with Crippen molar-refractivity contribution in [1.29, 1.82) is 0 Å². The predicted octanol–water partition coefficient (Wildman–Crippen LogP) is 30.7. The van der Waals surface area contributed by atoms with Crippen LogP contribution in [0.15, 0.2) is 48.6 Å². The van der Waals surface area contributed by atoms with Gasteiger partial charge in [0.25, 0.3) is 0 Å². The van der Waals surface area contributed by atoms with Gasteiger partial charge >= 0.3 is 35.8 Å². The highest BCUT2D eigenvalue weighted by molar-refractivity contribution is 5.71. The Hall–Kier alpha value is -4.30. The number of rotatable bonds is 93. The van der Waals surface area contributed by atoms with Crippen LogP contribution in [0.1, 0.15) is 492 Å². The second-order valence-corrected chi connectivity index (χ2v) is 37.6. The fourth-order valence-electron chi connectivity index (χ4n) is 17.3. The van der Waals surface area contributed by atoms with Gasteiger partial charge in [0.2, 0.25) is 0 Å². The van der Waals surface area contributed by atoms with Gasteiger partial charge in [-0.15, -0.1) is 0 Å². The van der Waals surface area contributed by atoms with E-state index < -0.39 is 0 Å². The van der Waals surface area contributed by atoms with Crippen LogP contribution in [-0.2, 0) is 57.2 Å². The number of esters is 6. The first-order chi connectivity index (χ1) is 59.4. The molecule has 6 unspecified atom stereocenters. The van der Waals surface area contributed by atoms with Gasteiger partial charge in [0.1, 0.15) is 38.6 Å². The molecule has 0 aromatic rings. The third-order valence-corrected chi connectivity index (χ3v) is 25.3. The monoisotopic (exact) mass is 1720 g/mol. The van der Waals surface area contributed by atoms with E-state index in [4.69, 9.17) is 28.4 Å². The van der Waals surface area contributed by atoms with Crippen LogP contribution >= 0.6 is 0 Å². The molecule has 0 aromatic heterocycles. The minimum absolute atomic E-state index is 0.00916. The summed E-state index contributed by atoms with van der Waals surface area (Å²) in [6.07, 6.45) is 90.5. The molecule has 0 aromatic carbocycles. The third-order valence-electron chi connectivity index (χ3n) is 25.3. The average Bonchev–Trinajstić information content (AvgIpc) is 0.913. The molecule has 14 heteroatoms. The molecule has 0 heterocycles. The predicted molar refractivity (Wildman–Crippen MR) is 518 cm³/mol. The summed E-state index contributed by atoms with van der Waals surface area (Å²) < 4.78 is 34.6. The summed E-state index contributed by atoms with van der Waals surface area (Å²) in [6.45, 7) is 21.7. The minimum Gasteiger partial charge on any atom is -0.462 e. The van der Waals surface area contributed by atoms with Gasteiger partial charge in [-0.1, -0.05) is 367 Å². The minimum atomic E-state index is -0.0958. The zero-order valence-electron chi connectivity index (χ0n) is 82.4. The van der Waals surface area contributed by atoms with Gasteiger partial charge in [-0.2, -0.15) is 0 Å². The highest BCUT2D eigenvalue weighted by Gasteiger charge is 2.22. The van der Waals surface area contributed by atoms with Gasteiger partial charge in [0, 0.05) is 38.5 Å². The standard InChI is InChI=1S/C108H200N2O12/c1-13-20-46-70-97(71-47-21-14-2)76-64-92-119-105(113)84-55-44-36-28-32-40-51-80-102(122-108(116)87-63-89-110(11)12)81-52-41-33-29-37-45-56-85-106(114)120-93-65-77-98(72-48-22-15-3)75-61-66-95(8)100(19-7)94-99(69-25-18-6)74-58-60-91-118-104(112)83-54-43-35-27-31-39-50-79-101(121-107(115)86-62-88-109(9)10)78-49-38-30-26-34-42-53-82-103(111)117-90-59-57-73-96(67-23-16-4)68-24-17-5/h57-60,64-65,76-77,95-102H,13-56,61-63,66-75,78-94H2,1-12H3. The fraction of sp³-hybridized carbons (Fsp3) is 0.870. The molecule has 0 aliphatic heterocycles. The summed E-state index contributed by atoms with van der Waals surface area (Å²) >= 11 is 0. The molecule has 0 spiro atoms. The normalized spacial score (nSPS) is 13.5. The zero-order chi connectivity index (χ0) is 89.5. The summed E-state index contributed by atoms with van der Waals surface area (Å²) in [6, 6.07) is 0. The van der Waals surface area contributed by atoms with Crippen molar-refractivity contribution in [3.05, 3.63) is 48.6 Å². The third kappa shape index (κ3) is 81.5. The van der Waals surface area contributed by atoms with E-state index in [9.17, 15) is 28.8 Å². The van der Waals surface area contributed by atoms with Crippen molar-refractivity contribution in [1.82, 2.24) is 9.80 Å². The van der Waals surface area contributed by atoms with E-state index in [1.807, 2.05) is 34.3 Å². The lowest BCUT2D eigenvalue weighted by atomic mass is 9.78. The second kappa shape index (κ2) is 90.1. The Bertz CT molecular complexity index is 2460. The summed E-state index contributed by atoms with van der Waals surface area (Å²) in [5, 5.41) is 0. The van der Waals surface area contributed by atoms with Crippen LogP contribution in [0.25, 0.3) is 0 Å². The lowest BCUT2D eigenvalue weighted by Gasteiger charge is -2.27.